The molecule has 1 N–H and O–H groups in total. The summed E-state index contributed by atoms with van der Waals surface area (Å²) in [6.45, 7) is 3.76. The molecule has 0 bridgehead atoms. The van der Waals surface area contributed by atoms with E-state index in [-0.39, 0.29) is 5.25 Å². The van der Waals surface area contributed by atoms with Gasteiger partial charge in [0, 0.05) is 15.8 Å². The Morgan fingerprint density at radius 2 is 2.29 bits per heavy atom. The molecule has 0 spiro atoms. The van der Waals surface area contributed by atoms with E-state index in [2.05, 4.69) is 0 Å². The maximum absolute atomic E-state index is 10.2. The van der Waals surface area contributed by atoms with Crippen LogP contribution in [0, 0.1) is 4.78 Å². The quantitative estimate of drug-likeness (QED) is 0.526. The Hall–Kier alpha value is -0.0500. The molecule has 0 aromatic carbocycles. The Kier molecular flexibility index (Phi) is 3.00. The third-order valence-electron chi connectivity index (χ3n) is 0.991. The molecule has 0 aliphatic heterocycles. The fourth-order valence-corrected chi connectivity index (χ4v) is 0.497. The largest absolute Gasteiger partial charge is 0.255 e. The summed E-state index contributed by atoms with van der Waals surface area (Å²) in [5.41, 5.74) is 0. The van der Waals surface area contributed by atoms with E-state index in [4.69, 9.17) is 4.78 Å². The van der Waals surface area contributed by atoms with Crippen molar-refractivity contribution in [3.63, 3.8) is 0 Å². The summed E-state index contributed by atoms with van der Waals surface area (Å²) in [7, 11) is -1.66. The average Bonchev–Trinajstić information content (AvgIpc) is 1.65. The van der Waals surface area contributed by atoms with Crippen LogP contribution in [0.15, 0.2) is 0 Å². The summed E-state index contributed by atoms with van der Waals surface area (Å²) in [5, 5.41) is 0.0787. The van der Waals surface area contributed by atoms with Crippen molar-refractivity contribution in [2.75, 3.05) is 0 Å². The van der Waals surface area contributed by atoms with Crippen molar-refractivity contribution in [2.24, 2.45) is 0 Å². The van der Waals surface area contributed by atoms with E-state index in [1.165, 1.54) is 0 Å². The molecule has 0 rings (SSSR count). The lowest BCUT2D eigenvalue weighted by Gasteiger charge is -1.94. The number of thiol groups is 1. The Bertz CT molecular complexity index is 100. The molecule has 3 heteroatoms. The lowest BCUT2D eigenvalue weighted by molar-refractivity contribution is 0.675. The topological polar surface area (TPSA) is 40.9 Å². The van der Waals surface area contributed by atoms with Crippen LogP contribution in [-0.2, 0) is 10.6 Å². The van der Waals surface area contributed by atoms with Crippen molar-refractivity contribution < 1.29 is 4.21 Å². The zero-order chi connectivity index (χ0) is 5.86. The van der Waals surface area contributed by atoms with Crippen molar-refractivity contribution in [2.45, 2.75) is 25.5 Å². The summed E-state index contributed by atoms with van der Waals surface area (Å²) in [6.07, 6.45) is 0.846. The molecule has 7 heavy (non-hydrogen) atoms. The zero-order valence-electron chi connectivity index (χ0n) is 4.64. The number of hydrogen-bond acceptors (Lipinski definition) is 2. The second kappa shape index (κ2) is 3.02. The molecule has 0 heterocycles. The third kappa shape index (κ3) is 2.62. The van der Waals surface area contributed by atoms with Crippen LogP contribution in [0.25, 0.3) is 0 Å². The van der Waals surface area contributed by atoms with E-state index in [1.807, 2.05) is 13.8 Å². The summed E-state index contributed by atoms with van der Waals surface area (Å²) in [6, 6.07) is 0. The van der Waals surface area contributed by atoms with E-state index in [1.54, 1.807) is 0 Å². The summed E-state index contributed by atoms with van der Waals surface area (Å²) in [4.78, 5) is 0. The second-order valence-corrected chi connectivity index (χ2v) is 3.12. The molecule has 0 aliphatic rings. The molecule has 0 amide bonds. The number of rotatable bonds is 2. The fraction of sp³-hybridized carbons (Fsp3) is 1.00. The van der Waals surface area contributed by atoms with Crippen LogP contribution in [0.5, 0.6) is 0 Å². The Labute approximate surface area is 45.9 Å². The molecule has 0 saturated heterocycles. The monoisotopic (exact) mass is 121 g/mol. The minimum atomic E-state index is -1.66. The van der Waals surface area contributed by atoms with Gasteiger partial charge >= 0.3 is 0 Å². The highest BCUT2D eigenvalue weighted by molar-refractivity contribution is 7.74. The third-order valence-corrected chi connectivity index (χ3v) is 2.16. The summed E-state index contributed by atoms with van der Waals surface area (Å²) in [5.74, 6) is 0. The first-order valence-electron chi connectivity index (χ1n) is 2.36. The van der Waals surface area contributed by atoms with Crippen molar-refractivity contribution in [1.29, 1.82) is 4.78 Å². The van der Waals surface area contributed by atoms with Gasteiger partial charge in [0.1, 0.15) is 0 Å². The lowest BCUT2D eigenvalue weighted by atomic mass is 10.4. The molecular weight excluding hydrogens is 110 g/mol. The van der Waals surface area contributed by atoms with Gasteiger partial charge in [-0.15, -0.1) is 0 Å². The van der Waals surface area contributed by atoms with Crippen LogP contribution in [0.4, 0.5) is 0 Å². The van der Waals surface area contributed by atoms with E-state index in [9.17, 15) is 4.21 Å². The van der Waals surface area contributed by atoms with Gasteiger partial charge in [0.25, 0.3) is 0 Å². The van der Waals surface area contributed by atoms with Crippen LogP contribution in [0.2, 0.25) is 0 Å². The maximum atomic E-state index is 10.2. The van der Waals surface area contributed by atoms with E-state index < -0.39 is 10.6 Å². The van der Waals surface area contributed by atoms with Crippen LogP contribution >= 0.6 is 0 Å². The first-order valence-corrected chi connectivity index (χ1v) is 3.69. The van der Waals surface area contributed by atoms with Gasteiger partial charge in [-0.05, 0) is 6.42 Å². The van der Waals surface area contributed by atoms with Gasteiger partial charge < -0.3 is 0 Å². The molecule has 0 fully saturated rings. The van der Waals surface area contributed by atoms with Crippen molar-refractivity contribution >= 4 is 10.6 Å². The minimum absolute atomic E-state index is 0.0787. The maximum Gasteiger partial charge on any atom is 0.0371 e. The highest BCUT2D eigenvalue weighted by Gasteiger charge is 1.93. The van der Waals surface area contributed by atoms with Crippen LogP contribution in [0.3, 0.4) is 0 Å². The van der Waals surface area contributed by atoms with E-state index in [0.29, 0.717) is 0 Å². The number of hydrogen-bond donors (Lipinski definition) is 2. The first-order chi connectivity index (χ1) is 3.18. The van der Waals surface area contributed by atoms with Crippen LogP contribution in [-0.4, -0.2) is 9.46 Å². The molecule has 44 valence electrons. The Morgan fingerprint density at radius 3 is 2.29 bits per heavy atom. The first kappa shape index (κ1) is 6.95. The Balaban J connectivity index is 3.57. The van der Waals surface area contributed by atoms with Crippen molar-refractivity contribution in [1.82, 2.24) is 0 Å². The van der Waals surface area contributed by atoms with Gasteiger partial charge in [-0.25, -0.2) is 0 Å². The van der Waals surface area contributed by atoms with E-state index in [0.717, 1.165) is 6.42 Å². The fourth-order valence-electron chi connectivity index (χ4n) is 0.166. The van der Waals surface area contributed by atoms with Crippen LogP contribution < -0.4 is 0 Å². The molecule has 0 aliphatic carbocycles. The summed E-state index contributed by atoms with van der Waals surface area (Å²) >= 11 is 0. The SMILES string of the molecule is CCC(C)[SH](=N)=O. The zero-order valence-corrected chi connectivity index (χ0v) is 5.53. The molecule has 0 aromatic heterocycles. The van der Waals surface area contributed by atoms with Crippen LogP contribution in [0.1, 0.15) is 20.3 Å². The normalized spacial score (nSPS) is 18.6. The van der Waals surface area contributed by atoms with E-state index >= 15 is 0 Å². The van der Waals surface area contributed by atoms with Gasteiger partial charge in [-0.3, -0.25) is 8.99 Å². The van der Waals surface area contributed by atoms with Gasteiger partial charge in [-0.2, -0.15) is 0 Å². The standard InChI is InChI=1S/C4H11NOS/c1-3-4(2)7(5)6/h4-5,7H,3H2,1-2H3. The molecule has 2 atom stereocenters. The summed E-state index contributed by atoms with van der Waals surface area (Å²) < 4.78 is 16.9. The molecule has 0 aromatic rings. The molecule has 0 saturated carbocycles. The molecule has 0 radical (unpaired) electrons. The minimum Gasteiger partial charge on any atom is -0.255 e. The predicted octanol–water partition coefficient (Wildman–Crippen LogP) is 1.03. The van der Waals surface area contributed by atoms with Gasteiger partial charge in [-0.1, -0.05) is 13.8 Å². The second-order valence-electron chi connectivity index (χ2n) is 1.58. The lowest BCUT2D eigenvalue weighted by Crippen LogP contribution is -1.98. The van der Waals surface area contributed by atoms with Crippen molar-refractivity contribution in [3.05, 3.63) is 0 Å². The van der Waals surface area contributed by atoms with Gasteiger partial charge in [0.2, 0.25) is 0 Å². The average molecular weight is 121 g/mol. The highest BCUT2D eigenvalue weighted by Crippen LogP contribution is 1.91. The molecule has 2 nitrogen and oxygen atoms in total. The molecular formula is C4H11NOS. The molecule has 2 unspecified atom stereocenters. The highest BCUT2D eigenvalue weighted by atomic mass is 32.2. The number of nitrogens with one attached hydrogen (secondary N) is 1. The van der Waals surface area contributed by atoms with Gasteiger partial charge in [0.15, 0.2) is 0 Å². The Morgan fingerprint density at radius 1 is 1.86 bits per heavy atom. The van der Waals surface area contributed by atoms with Gasteiger partial charge in [0.05, 0.1) is 0 Å². The predicted molar refractivity (Wildman–Crippen MR) is 32.0 cm³/mol. The van der Waals surface area contributed by atoms with Crippen molar-refractivity contribution in [3.8, 4) is 0 Å². The smallest absolute Gasteiger partial charge is 0.0371 e.